The molecular formula is C20H32O2. The molecule has 0 aromatic carbocycles. The minimum Gasteiger partial charge on any atom is -0.481 e. The van der Waals surface area contributed by atoms with Gasteiger partial charge in [0.1, 0.15) is 0 Å². The third kappa shape index (κ3) is 1.70. The lowest BCUT2D eigenvalue weighted by Crippen LogP contribution is -2.58. The van der Waals surface area contributed by atoms with E-state index < -0.39 is 11.4 Å². The van der Waals surface area contributed by atoms with Crippen LogP contribution < -0.4 is 0 Å². The third-order valence-electron chi connectivity index (χ3n) is 8.96. The number of fused-ring (bicyclic) bond motifs is 3. The zero-order valence-electron chi connectivity index (χ0n) is 14.5. The van der Waals surface area contributed by atoms with E-state index in [9.17, 15) is 9.90 Å². The Morgan fingerprint density at radius 1 is 1.00 bits per heavy atom. The van der Waals surface area contributed by atoms with Crippen molar-refractivity contribution in [1.29, 1.82) is 0 Å². The summed E-state index contributed by atoms with van der Waals surface area (Å²) < 4.78 is 0. The van der Waals surface area contributed by atoms with E-state index in [2.05, 4.69) is 20.8 Å². The fraction of sp³-hybridized carbons (Fsp3) is 0.950. The van der Waals surface area contributed by atoms with Gasteiger partial charge in [0, 0.05) is 0 Å². The molecule has 1 spiro atoms. The Balaban J connectivity index is 1.73. The van der Waals surface area contributed by atoms with Gasteiger partial charge in [0.05, 0.1) is 5.41 Å². The van der Waals surface area contributed by atoms with E-state index in [1.54, 1.807) is 0 Å². The van der Waals surface area contributed by atoms with Crippen molar-refractivity contribution >= 4 is 5.97 Å². The molecular weight excluding hydrogens is 272 g/mol. The van der Waals surface area contributed by atoms with Crippen molar-refractivity contribution in [2.75, 3.05) is 0 Å². The van der Waals surface area contributed by atoms with Gasteiger partial charge in [0.15, 0.2) is 0 Å². The molecule has 0 aromatic heterocycles. The Kier molecular flexibility index (Phi) is 3.08. The molecule has 4 aliphatic carbocycles. The van der Waals surface area contributed by atoms with Gasteiger partial charge in [0.25, 0.3) is 0 Å². The molecule has 0 heterocycles. The van der Waals surface area contributed by atoms with E-state index >= 15 is 0 Å². The molecule has 1 N–H and O–H groups in total. The SMILES string of the molecule is CC1C[C@@]23CCC4[C@@](C)(CCC[C@@]4(C)C(=O)O)C2CCC1C3. The van der Waals surface area contributed by atoms with Gasteiger partial charge in [-0.15, -0.1) is 0 Å². The van der Waals surface area contributed by atoms with Crippen LogP contribution in [0.15, 0.2) is 0 Å². The van der Waals surface area contributed by atoms with Gasteiger partial charge in [-0.2, -0.15) is 0 Å². The summed E-state index contributed by atoms with van der Waals surface area (Å²) in [5, 5.41) is 9.92. The maximum atomic E-state index is 12.0. The van der Waals surface area contributed by atoms with Crippen LogP contribution in [0.4, 0.5) is 0 Å². The predicted octanol–water partition coefficient (Wildman–Crippen LogP) is 5.12. The smallest absolute Gasteiger partial charge is 0.309 e. The molecule has 2 heteroatoms. The number of hydrogen-bond acceptors (Lipinski definition) is 1. The zero-order chi connectivity index (χ0) is 15.8. The zero-order valence-corrected chi connectivity index (χ0v) is 14.5. The number of aliphatic carboxylic acids is 1. The van der Waals surface area contributed by atoms with E-state index in [1.807, 2.05) is 0 Å². The van der Waals surface area contributed by atoms with E-state index in [0.29, 0.717) is 11.3 Å². The number of carbonyl (C=O) groups is 1. The highest BCUT2D eigenvalue weighted by atomic mass is 16.4. The van der Waals surface area contributed by atoms with E-state index in [4.69, 9.17) is 0 Å². The summed E-state index contributed by atoms with van der Waals surface area (Å²) >= 11 is 0. The predicted molar refractivity (Wildman–Crippen MR) is 87.5 cm³/mol. The van der Waals surface area contributed by atoms with Gasteiger partial charge in [-0.3, -0.25) is 4.79 Å². The summed E-state index contributed by atoms with van der Waals surface area (Å²) in [5.41, 5.74) is 0.374. The van der Waals surface area contributed by atoms with E-state index in [1.165, 1.54) is 38.5 Å². The summed E-state index contributed by atoms with van der Waals surface area (Å²) in [7, 11) is 0. The van der Waals surface area contributed by atoms with Crippen LogP contribution in [0.25, 0.3) is 0 Å². The minimum atomic E-state index is -0.534. The number of rotatable bonds is 1. The molecule has 4 aliphatic rings. The second kappa shape index (κ2) is 4.51. The van der Waals surface area contributed by atoms with Crippen LogP contribution in [0.5, 0.6) is 0 Å². The Labute approximate surface area is 135 Å². The molecule has 0 aromatic rings. The van der Waals surface area contributed by atoms with Crippen molar-refractivity contribution in [3.8, 4) is 0 Å². The van der Waals surface area contributed by atoms with Crippen LogP contribution in [-0.2, 0) is 4.79 Å². The number of carboxylic acid groups (broad SMARTS) is 1. The maximum absolute atomic E-state index is 12.0. The highest BCUT2D eigenvalue weighted by Gasteiger charge is 2.65. The van der Waals surface area contributed by atoms with Crippen molar-refractivity contribution in [2.45, 2.75) is 78.6 Å². The molecule has 22 heavy (non-hydrogen) atoms. The first-order valence-electron chi connectivity index (χ1n) is 9.55. The molecule has 4 unspecified atom stereocenters. The first-order valence-corrected chi connectivity index (χ1v) is 9.55. The van der Waals surface area contributed by atoms with Gasteiger partial charge in [-0.25, -0.2) is 0 Å². The summed E-state index contributed by atoms with van der Waals surface area (Å²) in [6.07, 6.45) is 11.4. The van der Waals surface area contributed by atoms with Crippen LogP contribution in [0.2, 0.25) is 0 Å². The molecule has 124 valence electrons. The minimum absolute atomic E-state index is 0.276. The van der Waals surface area contributed by atoms with Gasteiger partial charge in [-0.1, -0.05) is 20.3 Å². The quantitative estimate of drug-likeness (QED) is 0.730. The van der Waals surface area contributed by atoms with Gasteiger partial charge in [-0.05, 0) is 92.8 Å². The molecule has 0 saturated heterocycles. The summed E-state index contributed by atoms with van der Waals surface area (Å²) in [4.78, 5) is 12.0. The second-order valence-corrected chi connectivity index (χ2v) is 9.81. The fourth-order valence-corrected chi connectivity index (χ4v) is 8.05. The third-order valence-corrected chi connectivity index (χ3v) is 8.96. The highest BCUT2D eigenvalue weighted by molar-refractivity contribution is 5.75. The lowest BCUT2D eigenvalue weighted by atomic mass is 9.41. The van der Waals surface area contributed by atoms with Crippen LogP contribution >= 0.6 is 0 Å². The standard InChI is InChI=1S/C20H32O2/c1-13-11-20-10-7-15-18(2,16(20)6-5-14(13)12-20)8-4-9-19(15,3)17(21)22/h13-16H,4-12H2,1-3H3,(H,21,22)/t13?,14?,15?,16?,18-,19-,20-/m1/s1. The first-order chi connectivity index (χ1) is 10.3. The van der Waals surface area contributed by atoms with E-state index in [-0.39, 0.29) is 5.41 Å². The monoisotopic (exact) mass is 304 g/mol. The average molecular weight is 304 g/mol. The van der Waals surface area contributed by atoms with Crippen molar-refractivity contribution in [2.24, 2.45) is 39.9 Å². The summed E-state index contributed by atoms with van der Waals surface area (Å²) in [6.45, 7) is 7.00. The van der Waals surface area contributed by atoms with Crippen molar-refractivity contribution in [3.63, 3.8) is 0 Å². The normalized spacial score (nSPS) is 57.0. The number of hydrogen-bond donors (Lipinski definition) is 1. The number of carboxylic acids is 1. The largest absolute Gasteiger partial charge is 0.481 e. The maximum Gasteiger partial charge on any atom is 0.309 e. The lowest BCUT2D eigenvalue weighted by molar-refractivity contribution is -0.181. The molecule has 0 amide bonds. The molecule has 4 rings (SSSR count). The molecule has 4 fully saturated rings. The molecule has 2 bridgehead atoms. The van der Waals surface area contributed by atoms with E-state index in [0.717, 1.165) is 37.0 Å². The molecule has 0 aliphatic heterocycles. The van der Waals surface area contributed by atoms with Gasteiger partial charge >= 0.3 is 5.97 Å². The Morgan fingerprint density at radius 3 is 2.50 bits per heavy atom. The van der Waals surface area contributed by atoms with Crippen LogP contribution in [0, 0.1) is 39.9 Å². The topological polar surface area (TPSA) is 37.3 Å². The van der Waals surface area contributed by atoms with Crippen molar-refractivity contribution in [1.82, 2.24) is 0 Å². The Hall–Kier alpha value is -0.530. The highest BCUT2D eigenvalue weighted by Crippen LogP contribution is 2.72. The second-order valence-electron chi connectivity index (χ2n) is 9.81. The van der Waals surface area contributed by atoms with Gasteiger partial charge < -0.3 is 5.11 Å². The lowest BCUT2D eigenvalue weighted by Gasteiger charge is -2.63. The Morgan fingerprint density at radius 2 is 1.77 bits per heavy atom. The molecule has 4 saturated carbocycles. The summed E-state index contributed by atoms with van der Waals surface area (Å²) in [6, 6.07) is 0. The summed E-state index contributed by atoms with van der Waals surface area (Å²) in [5.74, 6) is 2.52. The van der Waals surface area contributed by atoms with Crippen LogP contribution in [-0.4, -0.2) is 11.1 Å². The average Bonchev–Trinajstić information content (AvgIpc) is 2.68. The molecule has 2 nitrogen and oxygen atoms in total. The fourth-order valence-electron chi connectivity index (χ4n) is 8.05. The Bertz CT molecular complexity index is 496. The van der Waals surface area contributed by atoms with Crippen molar-refractivity contribution < 1.29 is 9.90 Å². The van der Waals surface area contributed by atoms with Crippen LogP contribution in [0.3, 0.4) is 0 Å². The van der Waals surface area contributed by atoms with Crippen LogP contribution in [0.1, 0.15) is 78.6 Å². The van der Waals surface area contributed by atoms with Crippen molar-refractivity contribution in [3.05, 3.63) is 0 Å². The molecule has 0 radical (unpaired) electrons. The molecule has 7 atom stereocenters. The first kappa shape index (κ1) is 15.0. The van der Waals surface area contributed by atoms with Gasteiger partial charge in [0.2, 0.25) is 0 Å².